The molecular formula is C14H17FN4. The molecule has 4 nitrogen and oxygen atoms in total. The van der Waals surface area contributed by atoms with Gasteiger partial charge < -0.3 is 10.6 Å². The molecule has 0 amide bonds. The number of nitrogens with one attached hydrogen (secondary N) is 2. The number of benzene rings is 1. The molecule has 0 aliphatic rings. The SMILES string of the molecule is CCNc1nc(C)cc(Nc2ccc(C)c(F)c2)n1. The second-order valence-corrected chi connectivity index (χ2v) is 4.34. The molecule has 0 atom stereocenters. The third kappa shape index (κ3) is 3.40. The molecule has 100 valence electrons. The molecule has 0 spiro atoms. The summed E-state index contributed by atoms with van der Waals surface area (Å²) in [7, 11) is 0. The molecule has 0 aliphatic heterocycles. The molecule has 1 aromatic carbocycles. The van der Waals surface area contributed by atoms with Crippen molar-refractivity contribution >= 4 is 17.5 Å². The van der Waals surface area contributed by atoms with Crippen LogP contribution in [0, 0.1) is 19.7 Å². The van der Waals surface area contributed by atoms with Gasteiger partial charge in [-0.15, -0.1) is 0 Å². The summed E-state index contributed by atoms with van der Waals surface area (Å²) in [6, 6.07) is 6.83. The Hall–Kier alpha value is -2.17. The quantitative estimate of drug-likeness (QED) is 0.884. The molecule has 2 N–H and O–H groups in total. The molecule has 0 unspecified atom stereocenters. The van der Waals surface area contributed by atoms with Gasteiger partial charge in [-0.2, -0.15) is 4.98 Å². The predicted molar refractivity (Wildman–Crippen MR) is 75.4 cm³/mol. The van der Waals surface area contributed by atoms with Gasteiger partial charge in [0.05, 0.1) is 0 Å². The lowest BCUT2D eigenvalue weighted by atomic mass is 10.2. The fourth-order valence-electron chi connectivity index (χ4n) is 1.69. The van der Waals surface area contributed by atoms with Gasteiger partial charge in [-0.1, -0.05) is 6.07 Å². The molecule has 5 heteroatoms. The Bertz CT molecular complexity index is 584. The lowest BCUT2D eigenvalue weighted by molar-refractivity contribution is 0.619. The number of rotatable bonds is 4. The molecule has 2 aromatic rings. The van der Waals surface area contributed by atoms with Crippen molar-refractivity contribution in [3.8, 4) is 0 Å². The van der Waals surface area contributed by atoms with E-state index in [1.54, 1.807) is 13.0 Å². The molecule has 0 saturated carbocycles. The van der Waals surface area contributed by atoms with Gasteiger partial charge in [-0.25, -0.2) is 9.37 Å². The lowest BCUT2D eigenvalue weighted by Crippen LogP contribution is -2.05. The molecule has 0 fully saturated rings. The second kappa shape index (κ2) is 5.65. The van der Waals surface area contributed by atoms with Crippen molar-refractivity contribution < 1.29 is 4.39 Å². The Morgan fingerprint density at radius 1 is 1.16 bits per heavy atom. The Labute approximate surface area is 112 Å². The van der Waals surface area contributed by atoms with Crippen molar-refractivity contribution in [2.24, 2.45) is 0 Å². The van der Waals surface area contributed by atoms with Crippen LogP contribution in [-0.4, -0.2) is 16.5 Å². The fraction of sp³-hybridized carbons (Fsp3) is 0.286. The topological polar surface area (TPSA) is 49.8 Å². The first kappa shape index (κ1) is 13.3. The van der Waals surface area contributed by atoms with E-state index in [9.17, 15) is 4.39 Å². The maximum Gasteiger partial charge on any atom is 0.224 e. The zero-order valence-electron chi connectivity index (χ0n) is 11.3. The highest BCUT2D eigenvalue weighted by Gasteiger charge is 2.04. The number of aromatic nitrogens is 2. The number of anilines is 3. The van der Waals surface area contributed by atoms with Gasteiger partial charge in [0.1, 0.15) is 11.6 Å². The normalized spacial score (nSPS) is 10.3. The minimum atomic E-state index is -0.234. The van der Waals surface area contributed by atoms with Gasteiger partial charge in [0.25, 0.3) is 0 Å². The predicted octanol–water partition coefficient (Wildman–Crippen LogP) is 3.41. The van der Waals surface area contributed by atoms with Crippen molar-refractivity contribution in [3.05, 3.63) is 41.3 Å². The zero-order valence-corrected chi connectivity index (χ0v) is 11.3. The summed E-state index contributed by atoms with van der Waals surface area (Å²) < 4.78 is 13.5. The van der Waals surface area contributed by atoms with E-state index in [0.29, 0.717) is 23.0 Å². The van der Waals surface area contributed by atoms with Crippen molar-refractivity contribution in [2.45, 2.75) is 20.8 Å². The van der Waals surface area contributed by atoms with E-state index in [1.807, 2.05) is 26.0 Å². The number of hydrogen-bond acceptors (Lipinski definition) is 4. The molecular weight excluding hydrogens is 243 g/mol. The van der Waals surface area contributed by atoms with Crippen LogP contribution in [0.3, 0.4) is 0 Å². The van der Waals surface area contributed by atoms with Crippen LogP contribution in [0.15, 0.2) is 24.3 Å². The van der Waals surface area contributed by atoms with Gasteiger partial charge in [0, 0.05) is 24.0 Å². The average Bonchev–Trinajstić information content (AvgIpc) is 2.33. The third-order valence-electron chi connectivity index (χ3n) is 2.63. The summed E-state index contributed by atoms with van der Waals surface area (Å²) >= 11 is 0. The van der Waals surface area contributed by atoms with Crippen LogP contribution in [0.1, 0.15) is 18.2 Å². The summed E-state index contributed by atoms with van der Waals surface area (Å²) in [5.74, 6) is 0.979. The van der Waals surface area contributed by atoms with Gasteiger partial charge in [-0.3, -0.25) is 0 Å². The molecule has 19 heavy (non-hydrogen) atoms. The first-order valence-corrected chi connectivity index (χ1v) is 6.21. The van der Waals surface area contributed by atoms with Gasteiger partial charge in [0.15, 0.2) is 0 Å². The summed E-state index contributed by atoms with van der Waals surface area (Å²) in [4.78, 5) is 8.58. The highest BCUT2D eigenvalue weighted by Crippen LogP contribution is 2.19. The van der Waals surface area contributed by atoms with Crippen LogP contribution >= 0.6 is 0 Å². The van der Waals surface area contributed by atoms with Crippen LogP contribution < -0.4 is 10.6 Å². The minimum Gasteiger partial charge on any atom is -0.354 e. The Morgan fingerprint density at radius 2 is 1.95 bits per heavy atom. The third-order valence-corrected chi connectivity index (χ3v) is 2.63. The standard InChI is InChI=1S/C14H17FN4/c1-4-16-14-17-10(3)7-13(19-14)18-11-6-5-9(2)12(15)8-11/h5-8H,4H2,1-3H3,(H2,16,17,18,19). The van der Waals surface area contributed by atoms with E-state index in [2.05, 4.69) is 20.6 Å². The van der Waals surface area contributed by atoms with E-state index in [1.165, 1.54) is 6.07 Å². The highest BCUT2D eigenvalue weighted by molar-refractivity contribution is 5.58. The second-order valence-electron chi connectivity index (χ2n) is 4.34. The number of nitrogens with zero attached hydrogens (tertiary/aromatic N) is 2. The lowest BCUT2D eigenvalue weighted by Gasteiger charge is -2.09. The van der Waals surface area contributed by atoms with E-state index in [-0.39, 0.29) is 5.82 Å². The van der Waals surface area contributed by atoms with Gasteiger partial charge in [0.2, 0.25) is 5.95 Å². The molecule has 0 aliphatic carbocycles. The molecule has 1 aromatic heterocycles. The number of aryl methyl sites for hydroxylation is 2. The average molecular weight is 260 g/mol. The Kier molecular flexibility index (Phi) is 3.94. The smallest absolute Gasteiger partial charge is 0.224 e. The van der Waals surface area contributed by atoms with Crippen molar-refractivity contribution in [3.63, 3.8) is 0 Å². The molecule has 2 rings (SSSR count). The molecule has 0 saturated heterocycles. The van der Waals surface area contributed by atoms with Crippen molar-refractivity contribution in [1.82, 2.24) is 9.97 Å². The van der Waals surface area contributed by atoms with Crippen LogP contribution in [0.4, 0.5) is 21.8 Å². The summed E-state index contributed by atoms with van der Waals surface area (Å²) in [5, 5.41) is 6.14. The van der Waals surface area contributed by atoms with Crippen molar-refractivity contribution in [1.29, 1.82) is 0 Å². The first-order chi connectivity index (χ1) is 9.08. The van der Waals surface area contributed by atoms with Crippen LogP contribution in [-0.2, 0) is 0 Å². The molecule has 0 radical (unpaired) electrons. The van der Waals surface area contributed by atoms with Crippen LogP contribution in [0.2, 0.25) is 0 Å². The maximum absolute atomic E-state index is 13.5. The highest BCUT2D eigenvalue weighted by atomic mass is 19.1. The monoisotopic (exact) mass is 260 g/mol. The van der Waals surface area contributed by atoms with Crippen molar-refractivity contribution in [2.75, 3.05) is 17.2 Å². The fourth-order valence-corrected chi connectivity index (χ4v) is 1.69. The van der Waals surface area contributed by atoms with Crippen LogP contribution in [0.5, 0.6) is 0 Å². The van der Waals surface area contributed by atoms with E-state index >= 15 is 0 Å². The molecule has 0 bridgehead atoms. The van der Waals surface area contributed by atoms with Gasteiger partial charge in [-0.05, 0) is 38.5 Å². The van der Waals surface area contributed by atoms with E-state index < -0.39 is 0 Å². The molecule has 1 heterocycles. The maximum atomic E-state index is 13.5. The van der Waals surface area contributed by atoms with Crippen LogP contribution in [0.25, 0.3) is 0 Å². The number of halogens is 1. The number of hydrogen-bond donors (Lipinski definition) is 2. The Morgan fingerprint density at radius 3 is 2.63 bits per heavy atom. The first-order valence-electron chi connectivity index (χ1n) is 6.21. The summed E-state index contributed by atoms with van der Waals surface area (Å²) in [5.41, 5.74) is 2.14. The minimum absolute atomic E-state index is 0.234. The van der Waals surface area contributed by atoms with E-state index in [4.69, 9.17) is 0 Å². The Balaban J connectivity index is 2.24. The zero-order chi connectivity index (χ0) is 13.8. The largest absolute Gasteiger partial charge is 0.354 e. The van der Waals surface area contributed by atoms with E-state index in [0.717, 1.165) is 12.2 Å². The summed E-state index contributed by atoms with van der Waals surface area (Å²) in [6.07, 6.45) is 0. The summed E-state index contributed by atoms with van der Waals surface area (Å²) in [6.45, 7) is 6.36. The van der Waals surface area contributed by atoms with Gasteiger partial charge >= 0.3 is 0 Å².